The fourth-order valence-corrected chi connectivity index (χ4v) is 1.57. The Labute approximate surface area is 103 Å². The SMILES string of the molecule is Nc1ccc(Cl)nc1NCc1cccc(F)c1. The highest BCUT2D eigenvalue weighted by atomic mass is 35.5. The van der Waals surface area contributed by atoms with Crippen molar-refractivity contribution in [1.29, 1.82) is 0 Å². The third-order valence-electron chi connectivity index (χ3n) is 2.24. The molecule has 1 aromatic carbocycles. The van der Waals surface area contributed by atoms with Gasteiger partial charge in [-0.3, -0.25) is 0 Å². The number of aromatic nitrogens is 1. The minimum atomic E-state index is -0.267. The molecule has 0 saturated carbocycles. The summed E-state index contributed by atoms with van der Waals surface area (Å²) in [7, 11) is 0. The Hall–Kier alpha value is -1.81. The Morgan fingerprint density at radius 2 is 2.12 bits per heavy atom. The number of nitrogens with zero attached hydrogens (tertiary/aromatic N) is 1. The Morgan fingerprint density at radius 3 is 2.88 bits per heavy atom. The standard InChI is InChI=1S/C12H11ClFN3/c13-11-5-4-10(15)12(17-11)16-7-8-2-1-3-9(14)6-8/h1-6H,7,15H2,(H,16,17). The maximum atomic E-state index is 12.9. The summed E-state index contributed by atoms with van der Waals surface area (Å²) in [4.78, 5) is 4.05. The van der Waals surface area contributed by atoms with Gasteiger partial charge in [-0.1, -0.05) is 23.7 Å². The molecule has 1 aromatic heterocycles. The maximum absolute atomic E-state index is 12.9. The second kappa shape index (κ2) is 5.01. The van der Waals surface area contributed by atoms with Gasteiger partial charge in [-0.25, -0.2) is 9.37 Å². The second-order valence-electron chi connectivity index (χ2n) is 3.56. The van der Waals surface area contributed by atoms with Gasteiger partial charge in [0, 0.05) is 6.54 Å². The van der Waals surface area contributed by atoms with Gasteiger partial charge in [0.1, 0.15) is 11.0 Å². The highest BCUT2D eigenvalue weighted by Gasteiger charge is 2.02. The molecular formula is C12H11ClFN3. The Morgan fingerprint density at radius 1 is 1.29 bits per heavy atom. The van der Waals surface area contributed by atoms with Gasteiger partial charge in [0.15, 0.2) is 5.82 Å². The molecule has 0 atom stereocenters. The van der Waals surface area contributed by atoms with Gasteiger partial charge in [0.2, 0.25) is 0 Å². The van der Waals surface area contributed by atoms with Gasteiger partial charge in [-0.15, -0.1) is 0 Å². The van der Waals surface area contributed by atoms with Crippen molar-refractivity contribution in [3.05, 3.63) is 52.9 Å². The van der Waals surface area contributed by atoms with Gasteiger partial charge in [0.25, 0.3) is 0 Å². The first-order chi connectivity index (χ1) is 8.15. The van der Waals surface area contributed by atoms with Crippen LogP contribution in [0.3, 0.4) is 0 Å². The molecule has 0 radical (unpaired) electrons. The Kier molecular flexibility index (Phi) is 3.44. The second-order valence-corrected chi connectivity index (χ2v) is 3.94. The number of pyridine rings is 1. The van der Waals surface area contributed by atoms with Gasteiger partial charge >= 0.3 is 0 Å². The minimum absolute atomic E-state index is 0.267. The number of benzene rings is 1. The molecule has 0 aliphatic carbocycles. The lowest BCUT2D eigenvalue weighted by atomic mass is 10.2. The molecule has 3 nitrogen and oxygen atoms in total. The number of nitrogens with two attached hydrogens (primary N) is 1. The van der Waals surface area contributed by atoms with Crippen molar-refractivity contribution in [1.82, 2.24) is 4.98 Å². The van der Waals surface area contributed by atoms with E-state index in [0.717, 1.165) is 5.56 Å². The fourth-order valence-electron chi connectivity index (χ4n) is 1.42. The molecule has 0 aliphatic heterocycles. The van der Waals surface area contributed by atoms with E-state index in [1.54, 1.807) is 18.2 Å². The molecular weight excluding hydrogens is 241 g/mol. The predicted molar refractivity (Wildman–Crippen MR) is 67.4 cm³/mol. The normalized spacial score (nSPS) is 10.2. The van der Waals surface area contributed by atoms with Crippen molar-refractivity contribution in [3.8, 4) is 0 Å². The molecule has 5 heteroatoms. The largest absolute Gasteiger partial charge is 0.396 e. The summed E-state index contributed by atoms with van der Waals surface area (Å²) in [6, 6.07) is 9.61. The molecule has 0 fully saturated rings. The predicted octanol–water partition coefficient (Wildman–Crippen LogP) is 3.07. The summed E-state index contributed by atoms with van der Waals surface area (Å²) in [6.45, 7) is 0.440. The van der Waals surface area contributed by atoms with E-state index in [-0.39, 0.29) is 5.82 Å². The highest BCUT2D eigenvalue weighted by Crippen LogP contribution is 2.19. The van der Waals surface area contributed by atoms with Crippen molar-refractivity contribution < 1.29 is 4.39 Å². The number of halogens is 2. The molecule has 17 heavy (non-hydrogen) atoms. The molecule has 2 rings (SSSR count). The van der Waals surface area contributed by atoms with Crippen LogP contribution in [-0.2, 0) is 6.54 Å². The van der Waals surface area contributed by atoms with Gasteiger partial charge in [-0.05, 0) is 29.8 Å². The number of rotatable bonds is 3. The number of hydrogen-bond acceptors (Lipinski definition) is 3. The molecule has 3 N–H and O–H groups in total. The van der Waals surface area contributed by atoms with Crippen LogP contribution in [0.4, 0.5) is 15.9 Å². The molecule has 88 valence electrons. The topological polar surface area (TPSA) is 50.9 Å². The van der Waals surface area contributed by atoms with Crippen molar-refractivity contribution in [2.75, 3.05) is 11.1 Å². The molecule has 0 spiro atoms. The first-order valence-electron chi connectivity index (χ1n) is 5.05. The van der Waals surface area contributed by atoms with E-state index in [9.17, 15) is 4.39 Å². The van der Waals surface area contributed by atoms with Gasteiger partial charge < -0.3 is 11.1 Å². The summed E-state index contributed by atoms with van der Waals surface area (Å²) < 4.78 is 12.9. The lowest BCUT2D eigenvalue weighted by molar-refractivity contribution is 0.626. The van der Waals surface area contributed by atoms with Crippen LogP contribution in [0.2, 0.25) is 5.15 Å². The molecule has 0 amide bonds. The average Bonchev–Trinajstić information content (AvgIpc) is 2.30. The number of nitrogen functional groups attached to an aromatic ring is 1. The number of nitrogens with one attached hydrogen (secondary N) is 1. The molecule has 1 heterocycles. The lowest BCUT2D eigenvalue weighted by Crippen LogP contribution is -2.04. The monoisotopic (exact) mass is 251 g/mol. The minimum Gasteiger partial charge on any atom is -0.396 e. The molecule has 2 aromatic rings. The quantitative estimate of drug-likeness (QED) is 0.825. The van der Waals surface area contributed by atoms with Crippen LogP contribution in [-0.4, -0.2) is 4.98 Å². The third-order valence-corrected chi connectivity index (χ3v) is 2.45. The van der Waals surface area contributed by atoms with Crippen LogP contribution in [0.1, 0.15) is 5.56 Å². The summed E-state index contributed by atoms with van der Waals surface area (Å²) in [6.07, 6.45) is 0. The van der Waals surface area contributed by atoms with Crippen LogP contribution < -0.4 is 11.1 Å². The van der Waals surface area contributed by atoms with Crippen molar-refractivity contribution in [2.24, 2.45) is 0 Å². The van der Waals surface area contributed by atoms with E-state index in [0.29, 0.717) is 23.2 Å². The number of anilines is 2. The molecule has 0 unspecified atom stereocenters. The van der Waals surface area contributed by atoms with Crippen LogP contribution >= 0.6 is 11.6 Å². The average molecular weight is 252 g/mol. The van der Waals surface area contributed by atoms with E-state index >= 15 is 0 Å². The Balaban J connectivity index is 2.09. The van der Waals surface area contributed by atoms with Crippen LogP contribution in [0, 0.1) is 5.82 Å². The molecule has 0 saturated heterocycles. The summed E-state index contributed by atoms with van der Waals surface area (Å²) >= 11 is 5.76. The molecule has 0 aliphatic rings. The van der Waals surface area contributed by atoms with Crippen LogP contribution in [0.15, 0.2) is 36.4 Å². The smallest absolute Gasteiger partial charge is 0.151 e. The van der Waals surface area contributed by atoms with Crippen molar-refractivity contribution >= 4 is 23.1 Å². The van der Waals surface area contributed by atoms with Gasteiger partial charge in [0.05, 0.1) is 5.69 Å². The first kappa shape index (κ1) is 11.7. The molecule has 0 bridgehead atoms. The summed E-state index contributed by atoms with van der Waals surface area (Å²) in [5.74, 6) is 0.234. The van der Waals surface area contributed by atoms with Crippen molar-refractivity contribution in [3.63, 3.8) is 0 Å². The van der Waals surface area contributed by atoms with E-state index < -0.39 is 0 Å². The summed E-state index contributed by atoms with van der Waals surface area (Å²) in [5, 5.41) is 3.37. The lowest BCUT2D eigenvalue weighted by Gasteiger charge is -2.08. The van der Waals surface area contributed by atoms with E-state index in [1.165, 1.54) is 12.1 Å². The zero-order valence-electron chi connectivity index (χ0n) is 8.95. The first-order valence-corrected chi connectivity index (χ1v) is 5.43. The highest BCUT2D eigenvalue weighted by molar-refractivity contribution is 6.29. The van der Waals surface area contributed by atoms with E-state index in [1.807, 2.05) is 6.07 Å². The fraction of sp³-hybridized carbons (Fsp3) is 0.0833. The zero-order valence-corrected chi connectivity index (χ0v) is 9.71. The van der Waals surface area contributed by atoms with Crippen LogP contribution in [0.5, 0.6) is 0 Å². The van der Waals surface area contributed by atoms with Crippen LogP contribution in [0.25, 0.3) is 0 Å². The maximum Gasteiger partial charge on any atom is 0.151 e. The van der Waals surface area contributed by atoms with E-state index in [2.05, 4.69) is 10.3 Å². The zero-order chi connectivity index (χ0) is 12.3. The Bertz CT molecular complexity index is 531. The van der Waals surface area contributed by atoms with E-state index in [4.69, 9.17) is 17.3 Å². The van der Waals surface area contributed by atoms with Gasteiger partial charge in [-0.2, -0.15) is 0 Å². The summed E-state index contributed by atoms with van der Waals surface area (Å²) in [5.41, 5.74) is 7.04. The number of hydrogen-bond donors (Lipinski definition) is 2. The van der Waals surface area contributed by atoms with Crippen molar-refractivity contribution in [2.45, 2.75) is 6.54 Å². The third kappa shape index (κ3) is 3.07.